The average Bonchev–Trinajstić information content (AvgIpc) is 2.39. The number of rotatable bonds is 3. The van der Waals surface area contributed by atoms with Gasteiger partial charge in [-0.2, -0.15) is 13.2 Å². The molecule has 1 aromatic heterocycles. The Balaban J connectivity index is 2.31. The third-order valence-electron chi connectivity index (χ3n) is 2.95. The predicted molar refractivity (Wildman–Crippen MR) is 71.3 cm³/mol. The van der Waals surface area contributed by atoms with Crippen LogP contribution in [0.5, 0.6) is 0 Å². The Morgan fingerprint density at radius 2 is 1.48 bits per heavy atom. The van der Waals surface area contributed by atoms with Crippen LogP contribution < -0.4 is 11.1 Å². The van der Waals surface area contributed by atoms with Crippen LogP contribution in [0.4, 0.5) is 13.2 Å². The molecule has 0 aliphatic carbocycles. The van der Waals surface area contributed by atoms with Crippen LogP contribution >= 0.6 is 0 Å². The molecule has 0 N–H and O–H groups in total. The molecule has 2 aromatic rings. The molecule has 0 aliphatic heterocycles. The molecule has 1 aromatic carbocycles. The number of aromatic nitrogens is 2. The smallest absolute Gasteiger partial charge is 0.305 e. The molecule has 0 spiro atoms. The largest absolute Gasteiger partial charge is 0.406 e. The Morgan fingerprint density at radius 1 is 0.952 bits per heavy atom. The van der Waals surface area contributed by atoms with Crippen molar-refractivity contribution in [1.29, 1.82) is 0 Å². The summed E-state index contributed by atoms with van der Waals surface area (Å²) in [6, 6.07) is 7.29. The van der Waals surface area contributed by atoms with Crippen LogP contribution in [0.3, 0.4) is 0 Å². The predicted octanol–water partition coefficient (Wildman–Crippen LogP) is 1.93. The second-order valence-electron chi connectivity index (χ2n) is 4.77. The van der Waals surface area contributed by atoms with Gasteiger partial charge in [-0.1, -0.05) is 29.8 Å². The van der Waals surface area contributed by atoms with Crippen LogP contribution in [0.15, 0.2) is 46.2 Å². The van der Waals surface area contributed by atoms with E-state index < -0.39 is 23.8 Å². The molecule has 0 atom stereocenters. The summed E-state index contributed by atoms with van der Waals surface area (Å²) in [5.41, 5.74) is -0.313. The van der Waals surface area contributed by atoms with Crippen molar-refractivity contribution < 1.29 is 13.2 Å². The van der Waals surface area contributed by atoms with Crippen LogP contribution in [-0.4, -0.2) is 15.3 Å². The Hall–Kier alpha value is -2.31. The highest BCUT2D eigenvalue weighted by Crippen LogP contribution is 2.15. The number of nitrogens with zero attached hydrogens (tertiary/aromatic N) is 2. The molecule has 4 nitrogen and oxygen atoms in total. The van der Waals surface area contributed by atoms with E-state index in [4.69, 9.17) is 0 Å². The zero-order valence-electron chi connectivity index (χ0n) is 11.2. The minimum atomic E-state index is -4.54. The van der Waals surface area contributed by atoms with Crippen LogP contribution in [0.2, 0.25) is 0 Å². The maximum Gasteiger partial charge on any atom is 0.406 e. The first-order chi connectivity index (χ1) is 9.76. The Labute approximate surface area is 118 Å². The van der Waals surface area contributed by atoms with E-state index in [-0.39, 0.29) is 6.54 Å². The summed E-state index contributed by atoms with van der Waals surface area (Å²) in [5, 5.41) is 0. The number of benzene rings is 1. The fourth-order valence-electron chi connectivity index (χ4n) is 1.87. The first kappa shape index (κ1) is 15.1. The Bertz CT molecular complexity index is 743. The van der Waals surface area contributed by atoms with E-state index >= 15 is 0 Å². The zero-order chi connectivity index (χ0) is 15.6. The molecule has 7 heteroatoms. The molecule has 2 rings (SSSR count). The van der Waals surface area contributed by atoms with Gasteiger partial charge < -0.3 is 9.13 Å². The molecular formula is C14H13F3N2O2. The summed E-state index contributed by atoms with van der Waals surface area (Å²) in [7, 11) is 0. The fraction of sp³-hybridized carbons (Fsp3) is 0.286. The molecule has 0 saturated heterocycles. The summed E-state index contributed by atoms with van der Waals surface area (Å²) < 4.78 is 38.3. The molecule has 0 aliphatic rings. The van der Waals surface area contributed by atoms with Crippen LogP contribution in [-0.2, 0) is 13.1 Å². The second kappa shape index (κ2) is 5.59. The average molecular weight is 298 g/mol. The van der Waals surface area contributed by atoms with Crippen molar-refractivity contribution in [3.8, 4) is 0 Å². The van der Waals surface area contributed by atoms with E-state index in [0.717, 1.165) is 21.9 Å². The summed E-state index contributed by atoms with van der Waals surface area (Å²) in [4.78, 5) is 23.5. The van der Waals surface area contributed by atoms with Gasteiger partial charge in [0, 0.05) is 12.4 Å². The van der Waals surface area contributed by atoms with Gasteiger partial charge >= 0.3 is 17.3 Å². The van der Waals surface area contributed by atoms with E-state index in [0.29, 0.717) is 4.57 Å². The lowest BCUT2D eigenvalue weighted by Gasteiger charge is -2.11. The van der Waals surface area contributed by atoms with Crippen molar-refractivity contribution in [2.24, 2.45) is 0 Å². The van der Waals surface area contributed by atoms with Gasteiger partial charge in [-0.25, -0.2) is 0 Å². The zero-order valence-corrected chi connectivity index (χ0v) is 11.2. The van der Waals surface area contributed by atoms with Crippen LogP contribution in [0, 0.1) is 6.92 Å². The van der Waals surface area contributed by atoms with E-state index in [1.807, 2.05) is 19.1 Å². The van der Waals surface area contributed by atoms with Gasteiger partial charge in [0.1, 0.15) is 6.54 Å². The van der Waals surface area contributed by atoms with E-state index in [2.05, 4.69) is 0 Å². The van der Waals surface area contributed by atoms with Crippen molar-refractivity contribution in [3.05, 3.63) is 68.5 Å². The van der Waals surface area contributed by atoms with Gasteiger partial charge in [0.05, 0.1) is 6.54 Å². The highest BCUT2D eigenvalue weighted by Gasteiger charge is 2.28. The van der Waals surface area contributed by atoms with Gasteiger partial charge in [0.2, 0.25) is 0 Å². The SMILES string of the molecule is Cc1ccc(Cn2ccn(CC(F)(F)F)c(=O)c2=O)cc1. The number of halogens is 3. The molecule has 0 fully saturated rings. The van der Waals surface area contributed by atoms with Crippen molar-refractivity contribution in [2.45, 2.75) is 26.2 Å². The molecule has 0 unspecified atom stereocenters. The monoisotopic (exact) mass is 298 g/mol. The second-order valence-corrected chi connectivity index (χ2v) is 4.77. The lowest BCUT2D eigenvalue weighted by Crippen LogP contribution is -2.42. The Morgan fingerprint density at radius 3 is 2.05 bits per heavy atom. The number of alkyl halides is 3. The molecule has 0 bridgehead atoms. The first-order valence-electron chi connectivity index (χ1n) is 6.18. The lowest BCUT2D eigenvalue weighted by atomic mass is 10.1. The summed E-state index contributed by atoms with van der Waals surface area (Å²) in [6.45, 7) is 0.585. The van der Waals surface area contributed by atoms with Gasteiger partial charge in [0.15, 0.2) is 0 Å². The minimum Gasteiger partial charge on any atom is -0.305 e. The Kier molecular flexibility index (Phi) is 4.02. The van der Waals surface area contributed by atoms with Crippen molar-refractivity contribution >= 4 is 0 Å². The van der Waals surface area contributed by atoms with Crippen LogP contribution in [0.25, 0.3) is 0 Å². The molecule has 21 heavy (non-hydrogen) atoms. The minimum absolute atomic E-state index is 0.140. The lowest BCUT2D eigenvalue weighted by molar-refractivity contribution is -0.141. The summed E-state index contributed by atoms with van der Waals surface area (Å²) in [6.07, 6.45) is -2.37. The van der Waals surface area contributed by atoms with Gasteiger partial charge in [0.25, 0.3) is 0 Å². The quantitative estimate of drug-likeness (QED) is 0.813. The third kappa shape index (κ3) is 3.84. The molecule has 0 saturated carbocycles. The summed E-state index contributed by atoms with van der Waals surface area (Å²) >= 11 is 0. The first-order valence-corrected chi connectivity index (χ1v) is 6.18. The van der Waals surface area contributed by atoms with Crippen molar-refractivity contribution in [1.82, 2.24) is 9.13 Å². The van der Waals surface area contributed by atoms with Gasteiger partial charge in [-0.3, -0.25) is 9.59 Å². The van der Waals surface area contributed by atoms with Gasteiger partial charge in [-0.15, -0.1) is 0 Å². The third-order valence-corrected chi connectivity index (χ3v) is 2.95. The van der Waals surface area contributed by atoms with Crippen molar-refractivity contribution in [3.63, 3.8) is 0 Å². The molecule has 112 valence electrons. The molecule has 1 heterocycles. The number of aryl methyl sites for hydroxylation is 1. The van der Waals surface area contributed by atoms with Gasteiger partial charge in [-0.05, 0) is 12.5 Å². The summed E-state index contributed by atoms with van der Waals surface area (Å²) in [5.74, 6) is 0. The van der Waals surface area contributed by atoms with Crippen molar-refractivity contribution in [2.75, 3.05) is 0 Å². The highest BCUT2D eigenvalue weighted by molar-refractivity contribution is 5.21. The van der Waals surface area contributed by atoms with Crippen LogP contribution in [0.1, 0.15) is 11.1 Å². The number of hydrogen-bond donors (Lipinski definition) is 0. The normalized spacial score (nSPS) is 11.6. The molecule has 0 amide bonds. The fourth-order valence-corrected chi connectivity index (χ4v) is 1.87. The highest BCUT2D eigenvalue weighted by atomic mass is 19.4. The molecule has 0 radical (unpaired) electrons. The standard InChI is InChI=1S/C14H13F3N2O2/c1-10-2-4-11(5-3-10)8-18-6-7-19(9-14(15,16)17)13(21)12(18)20/h2-7H,8-9H2,1H3. The van der Waals surface area contributed by atoms with E-state index in [1.165, 1.54) is 6.20 Å². The topological polar surface area (TPSA) is 44.0 Å². The van der Waals surface area contributed by atoms with E-state index in [1.54, 1.807) is 12.1 Å². The maximum atomic E-state index is 12.3. The maximum absolute atomic E-state index is 12.3. The van der Waals surface area contributed by atoms with E-state index in [9.17, 15) is 22.8 Å². The number of hydrogen-bond acceptors (Lipinski definition) is 2. The molecular weight excluding hydrogens is 285 g/mol.